The number of likely N-dealkylation sites (tertiary alicyclic amines) is 1. The van der Waals surface area contributed by atoms with Crippen LogP contribution in [0.3, 0.4) is 0 Å². The summed E-state index contributed by atoms with van der Waals surface area (Å²) in [5, 5.41) is 11.9. The molecule has 7 nitrogen and oxygen atoms in total. The van der Waals surface area contributed by atoms with E-state index in [1.807, 2.05) is 0 Å². The Kier molecular flexibility index (Phi) is 5.21. The highest BCUT2D eigenvalue weighted by Gasteiger charge is 2.28. The first-order valence-electron chi connectivity index (χ1n) is 7.32. The van der Waals surface area contributed by atoms with Crippen molar-refractivity contribution < 1.29 is 23.1 Å². The summed E-state index contributed by atoms with van der Waals surface area (Å²) in [6.07, 6.45) is 2.38. The zero-order valence-corrected chi connectivity index (χ0v) is 12.8. The Morgan fingerprint density at radius 3 is 2.43 bits per heavy atom. The summed E-state index contributed by atoms with van der Waals surface area (Å²) in [4.78, 5) is 24.6. The molecule has 1 amide bonds. The smallest absolute Gasteiger partial charge is 0.306 e. The molecule has 2 rings (SSSR count). The van der Waals surface area contributed by atoms with Gasteiger partial charge in [0.1, 0.15) is 0 Å². The van der Waals surface area contributed by atoms with Crippen molar-refractivity contribution in [3.63, 3.8) is 0 Å². The predicted octanol–water partition coefficient (Wildman–Crippen LogP) is -0.524. The van der Waals surface area contributed by atoms with Gasteiger partial charge in [-0.25, -0.2) is 8.42 Å². The summed E-state index contributed by atoms with van der Waals surface area (Å²) in [5.74, 6) is -0.900. The van der Waals surface area contributed by atoms with E-state index in [4.69, 9.17) is 5.11 Å². The molecular formula is C13H22N2O5S. The molecule has 1 unspecified atom stereocenters. The molecule has 0 aliphatic carbocycles. The van der Waals surface area contributed by atoms with Crippen LogP contribution in [0.2, 0.25) is 0 Å². The van der Waals surface area contributed by atoms with E-state index in [2.05, 4.69) is 5.32 Å². The van der Waals surface area contributed by atoms with Gasteiger partial charge in [0.15, 0.2) is 9.84 Å². The van der Waals surface area contributed by atoms with Crippen molar-refractivity contribution >= 4 is 21.7 Å². The lowest BCUT2D eigenvalue weighted by Crippen LogP contribution is -2.48. The van der Waals surface area contributed by atoms with Gasteiger partial charge >= 0.3 is 5.97 Å². The van der Waals surface area contributed by atoms with Gasteiger partial charge in [0, 0.05) is 19.1 Å². The van der Waals surface area contributed by atoms with Crippen LogP contribution in [0.25, 0.3) is 0 Å². The van der Waals surface area contributed by atoms with E-state index in [1.54, 1.807) is 4.90 Å². The highest BCUT2D eigenvalue weighted by molar-refractivity contribution is 7.91. The van der Waals surface area contributed by atoms with Crippen LogP contribution in [0.15, 0.2) is 0 Å². The molecule has 2 saturated heterocycles. The van der Waals surface area contributed by atoms with E-state index < -0.39 is 15.8 Å². The Balaban J connectivity index is 1.74. The quantitative estimate of drug-likeness (QED) is 0.722. The van der Waals surface area contributed by atoms with E-state index in [1.165, 1.54) is 0 Å². The average molecular weight is 318 g/mol. The van der Waals surface area contributed by atoms with E-state index >= 15 is 0 Å². The van der Waals surface area contributed by atoms with Gasteiger partial charge in [0.05, 0.1) is 24.0 Å². The number of piperidine rings is 1. The number of carboxylic acids is 1. The standard InChI is InChI=1S/C13H22N2O5S/c16-12(15-5-3-10(4-6-15)13(17)18)8-14-11-2-1-7-21(19,20)9-11/h10-11,14H,1-9H2,(H,17,18). The van der Waals surface area contributed by atoms with Crippen LogP contribution in [-0.4, -0.2) is 67.5 Å². The van der Waals surface area contributed by atoms with Crippen LogP contribution in [0, 0.1) is 5.92 Å². The van der Waals surface area contributed by atoms with Crippen molar-refractivity contribution in [2.45, 2.75) is 31.7 Å². The minimum atomic E-state index is -2.97. The van der Waals surface area contributed by atoms with Crippen molar-refractivity contribution in [1.29, 1.82) is 0 Å². The first-order chi connectivity index (χ1) is 9.87. The molecule has 2 aliphatic rings. The van der Waals surface area contributed by atoms with Crippen molar-refractivity contribution in [3.05, 3.63) is 0 Å². The normalized spacial score (nSPS) is 26.5. The van der Waals surface area contributed by atoms with Crippen molar-refractivity contribution in [3.8, 4) is 0 Å². The first kappa shape index (κ1) is 16.2. The van der Waals surface area contributed by atoms with Crippen LogP contribution in [0.5, 0.6) is 0 Å². The molecule has 0 radical (unpaired) electrons. The number of nitrogens with one attached hydrogen (secondary N) is 1. The number of sulfone groups is 1. The monoisotopic (exact) mass is 318 g/mol. The van der Waals surface area contributed by atoms with Gasteiger partial charge in [-0.05, 0) is 25.7 Å². The van der Waals surface area contributed by atoms with Crippen LogP contribution in [-0.2, 0) is 19.4 Å². The maximum atomic E-state index is 12.0. The number of rotatable bonds is 4. The molecule has 0 aromatic heterocycles. The third-order valence-corrected chi connectivity index (χ3v) is 6.02. The molecule has 0 aromatic rings. The number of aliphatic carboxylic acids is 1. The molecule has 2 aliphatic heterocycles. The van der Waals surface area contributed by atoms with Crippen LogP contribution < -0.4 is 5.32 Å². The number of amides is 1. The second-order valence-corrected chi connectivity index (χ2v) is 8.06. The Labute approximate surface area is 124 Å². The van der Waals surface area contributed by atoms with Crippen LogP contribution in [0.4, 0.5) is 0 Å². The molecule has 8 heteroatoms. The molecule has 120 valence electrons. The van der Waals surface area contributed by atoms with Crippen LogP contribution >= 0.6 is 0 Å². The van der Waals surface area contributed by atoms with E-state index in [9.17, 15) is 18.0 Å². The molecule has 0 saturated carbocycles. The summed E-state index contributed by atoms with van der Waals surface area (Å²) in [7, 11) is -2.97. The molecule has 2 heterocycles. The molecule has 0 spiro atoms. The van der Waals surface area contributed by atoms with E-state index in [0.717, 1.165) is 6.42 Å². The van der Waals surface area contributed by atoms with Gasteiger partial charge in [0.25, 0.3) is 0 Å². The van der Waals surface area contributed by atoms with Gasteiger partial charge < -0.3 is 15.3 Å². The van der Waals surface area contributed by atoms with Crippen molar-refractivity contribution in [2.75, 3.05) is 31.1 Å². The molecule has 2 N–H and O–H groups in total. The zero-order valence-electron chi connectivity index (χ0n) is 12.0. The minimum Gasteiger partial charge on any atom is -0.481 e. The summed E-state index contributed by atoms with van der Waals surface area (Å²) >= 11 is 0. The first-order valence-corrected chi connectivity index (χ1v) is 9.14. The fourth-order valence-corrected chi connectivity index (χ4v) is 4.57. The molecule has 1 atom stereocenters. The average Bonchev–Trinajstić information content (AvgIpc) is 2.44. The summed E-state index contributed by atoms with van der Waals surface area (Å²) in [6, 6.07) is -0.149. The third-order valence-electron chi connectivity index (χ3n) is 4.20. The Bertz CT molecular complexity index is 497. The van der Waals surface area contributed by atoms with Gasteiger partial charge in [-0.3, -0.25) is 9.59 Å². The topological polar surface area (TPSA) is 104 Å². The fraction of sp³-hybridized carbons (Fsp3) is 0.846. The van der Waals surface area contributed by atoms with Crippen molar-refractivity contribution in [2.24, 2.45) is 5.92 Å². The minimum absolute atomic E-state index is 0.0817. The third kappa shape index (κ3) is 4.67. The summed E-state index contributed by atoms with van der Waals surface area (Å²) < 4.78 is 23.0. The maximum absolute atomic E-state index is 12.0. The number of carboxylic acid groups (broad SMARTS) is 1. The van der Waals surface area contributed by atoms with Gasteiger partial charge in [-0.2, -0.15) is 0 Å². The maximum Gasteiger partial charge on any atom is 0.306 e. The zero-order chi connectivity index (χ0) is 15.5. The van der Waals surface area contributed by atoms with E-state index in [-0.39, 0.29) is 35.9 Å². The molecule has 0 bridgehead atoms. The summed E-state index contributed by atoms with van der Waals surface area (Å²) in [5.41, 5.74) is 0. The highest BCUT2D eigenvalue weighted by atomic mass is 32.2. The highest BCUT2D eigenvalue weighted by Crippen LogP contribution is 2.17. The Morgan fingerprint density at radius 2 is 1.86 bits per heavy atom. The lowest BCUT2D eigenvalue weighted by molar-refractivity contribution is -0.145. The second kappa shape index (κ2) is 6.74. The van der Waals surface area contributed by atoms with Crippen molar-refractivity contribution in [1.82, 2.24) is 10.2 Å². The van der Waals surface area contributed by atoms with E-state index in [0.29, 0.717) is 32.4 Å². The molecule has 2 fully saturated rings. The number of carbonyl (C=O) groups is 2. The number of hydrogen-bond acceptors (Lipinski definition) is 5. The SMILES string of the molecule is O=C(O)C1CCN(C(=O)CNC2CCCS(=O)(=O)C2)CC1. The van der Waals surface area contributed by atoms with Gasteiger partial charge in [-0.1, -0.05) is 0 Å². The van der Waals surface area contributed by atoms with Gasteiger partial charge in [0.2, 0.25) is 5.91 Å². The fourth-order valence-electron chi connectivity index (χ4n) is 2.90. The Morgan fingerprint density at radius 1 is 1.19 bits per heavy atom. The molecule has 0 aromatic carbocycles. The predicted molar refractivity (Wildman–Crippen MR) is 76.6 cm³/mol. The number of carbonyl (C=O) groups excluding carboxylic acids is 1. The number of nitrogens with zero attached hydrogens (tertiary/aromatic N) is 1. The van der Waals surface area contributed by atoms with Crippen LogP contribution in [0.1, 0.15) is 25.7 Å². The summed E-state index contributed by atoms with van der Waals surface area (Å²) in [6.45, 7) is 1.04. The van der Waals surface area contributed by atoms with Gasteiger partial charge in [-0.15, -0.1) is 0 Å². The Hall–Kier alpha value is -1.15. The lowest BCUT2D eigenvalue weighted by Gasteiger charge is -2.31. The number of hydrogen-bond donors (Lipinski definition) is 2. The second-order valence-electron chi connectivity index (χ2n) is 5.83. The molecular weight excluding hydrogens is 296 g/mol. The lowest BCUT2D eigenvalue weighted by atomic mass is 9.97. The largest absolute Gasteiger partial charge is 0.481 e. The molecule has 21 heavy (non-hydrogen) atoms.